The van der Waals surface area contributed by atoms with Crippen LogP contribution in [0.15, 0.2) is 152 Å². The molecule has 1 heteroatoms. The molecule has 0 bridgehead atoms. The zero-order chi connectivity index (χ0) is 26.0. The minimum Gasteiger partial charge on any atom is -0.310 e. The maximum atomic E-state index is 2.33. The van der Waals surface area contributed by atoms with E-state index in [2.05, 4.69) is 169 Å². The van der Waals surface area contributed by atoms with Crippen LogP contribution < -0.4 is 4.90 Å². The Hall–Kier alpha value is -5.14. The molecule has 0 aliphatic carbocycles. The van der Waals surface area contributed by atoms with Crippen molar-refractivity contribution in [2.75, 3.05) is 4.90 Å². The molecular weight excluding hydrogens is 470 g/mol. The van der Waals surface area contributed by atoms with Crippen molar-refractivity contribution in [3.8, 4) is 0 Å². The van der Waals surface area contributed by atoms with Crippen molar-refractivity contribution < 1.29 is 0 Å². The van der Waals surface area contributed by atoms with Crippen LogP contribution in [0, 0.1) is 0 Å². The number of para-hydroxylation sites is 1. The SMILES string of the molecule is C(=C\c1ccc2cc(N(c3ccccc3)c3ccc4ccccc4c3)ccc2c1)/c1ccc2ccccc2c1. The first-order valence-corrected chi connectivity index (χ1v) is 13.3. The van der Waals surface area contributed by atoms with Gasteiger partial charge in [0.15, 0.2) is 0 Å². The summed E-state index contributed by atoms with van der Waals surface area (Å²) in [6, 6.07) is 54.3. The van der Waals surface area contributed by atoms with E-state index in [9.17, 15) is 0 Å². The van der Waals surface area contributed by atoms with Crippen molar-refractivity contribution in [3.05, 3.63) is 163 Å². The second-order valence-corrected chi connectivity index (χ2v) is 9.93. The molecule has 184 valence electrons. The smallest absolute Gasteiger partial charge is 0.0468 e. The predicted molar refractivity (Wildman–Crippen MR) is 169 cm³/mol. The second-order valence-electron chi connectivity index (χ2n) is 9.93. The molecule has 7 aromatic rings. The Morgan fingerprint density at radius 2 is 0.718 bits per heavy atom. The van der Waals surface area contributed by atoms with Gasteiger partial charge in [0.05, 0.1) is 0 Å². The topological polar surface area (TPSA) is 3.24 Å². The van der Waals surface area contributed by atoms with Gasteiger partial charge in [0.25, 0.3) is 0 Å². The van der Waals surface area contributed by atoms with Crippen molar-refractivity contribution in [1.29, 1.82) is 0 Å². The number of hydrogen-bond donors (Lipinski definition) is 0. The summed E-state index contributed by atoms with van der Waals surface area (Å²) in [6.07, 6.45) is 4.39. The Morgan fingerprint density at radius 1 is 0.308 bits per heavy atom. The maximum Gasteiger partial charge on any atom is 0.0468 e. The van der Waals surface area contributed by atoms with E-state index in [1.54, 1.807) is 0 Å². The number of rotatable bonds is 5. The number of benzene rings is 7. The summed E-state index contributed by atoms with van der Waals surface area (Å²) < 4.78 is 0. The van der Waals surface area contributed by atoms with Crippen LogP contribution in [0.5, 0.6) is 0 Å². The van der Waals surface area contributed by atoms with Gasteiger partial charge in [-0.2, -0.15) is 0 Å². The molecule has 0 saturated heterocycles. The Kier molecular flexibility index (Phi) is 5.88. The van der Waals surface area contributed by atoms with E-state index in [1.807, 2.05) is 0 Å². The van der Waals surface area contributed by atoms with Crippen LogP contribution in [0.3, 0.4) is 0 Å². The van der Waals surface area contributed by atoms with Gasteiger partial charge in [-0.1, -0.05) is 115 Å². The highest BCUT2D eigenvalue weighted by molar-refractivity contribution is 5.93. The molecule has 0 radical (unpaired) electrons. The van der Waals surface area contributed by atoms with Gasteiger partial charge < -0.3 is 4.90 Å². The van der Waals surface area contributed by atoms with Crippen molar-refractivity contribution in [1.82, 2.24) is 0 Å². The lowest BCUT2D eigenvalue weighted by atomic mass is 10.0. The lowest BCUT2D eigenvalue weighted by Gasteiger charge is -2.26. The fourth-order valence-corrected chi connectivity index (χ4v) is 5.34. The third kappa shape index (κ3) is 4.67. The molecule has 0 unspecified atom stereocenters. The van der Waals surface area contributed by atoms with E-state index in [0.29, 0.717) is 0 Å². The van der Waals surface area contributed by atoms with Crippen LogP contribution in [0.2, 0.25) is 0 Å². The summed E-state index contributed by atoms with van der Waals surface area (Å²) in [6.45, 7) is 0. The zero-order valence-electron chi connectivity index (χ0n) is 21.5. The van der Waals surface area contributed by atoms with Gasteiger partial charge in [0.1, 0.15) is 0 Å². The van der Waals surface area contributed by atoms with Crippen LogP contribution in [-0.2, 0) is 0 Å². The van der Waals surface area contributed by atoms with Gasteiger partial charge in [-0.05, 0) is 92.0 Å². The van der Waals surface area contributed by atoms with Gasteiger partial charge in [-0.15, -0.1) is 0 Å². The Bertz CT molecular complexity index is 1970. The van der Waals surface area contributed by atoms with E-state index in [0.717, 1.165) is 17.1 Å². The highest BCUT2D eigenvalue weighted by atomic mass is 15.1. The van der Waals surface area contributed by atoms with Crippen LogP contribution >= 0.6 is 0 Å². The predicted octanol–water partition coefficient (Wildman–Crippen LogP) is 10.8. The van der Waals surface area contributed by atoms with E-state index in [1.165, 1.54) is 43.4 Å². The molecule has 0 aromatic heterocycles. The molecule has 0 saturated carbocycles. The highest BCUT2D eigenvalue weighted by Crippen LogP contribution is 2.37. The molecule has 0 spiro atoms. The second kappa shape index (κ2) is 9.96. The fourth-order valence-electron chi connectivity index (χ4n) is 5.34. The average Bonchev–Trinajstić information content (AvgIpc) is 3.00. The minimum absolute atomic E-state index is 1.14. The monoisotopic (exact) mass is 497 g/mol. The number of nitrogens with zero attached hydrogens (tertiary/aromatic N) is 1. The molecule has 0 fully saturated rings. The quantitative estimate of drug-likeness (QED) is 0.214. The van der Waals surface area contributed by atoms with Crippen LogP contribution in [0.4, 0.5) is 17.1 Å². The first-order chi connectivity index (χ1) is 19.3. The summed E-state index contributed by atoms with van der Waals surface area (Å²) in [7, 11) is 0. The standard InChI is InChI=1S/C38H27N/c1-2-12-36(13-3-1)39(37-22-20-31-9-5-7-11-33(31)26-37)38-23-21-34-25-29(17-19-35(34)27-38)15-14-28-16-18-30-8-4-6-10-32(30)24-28/h1-27H/b15-14+. The Morgan fingerprint density at radius 3 is 1.33 bits per heavy atom. The van der Waals surface area contributed by atoms with Crippen LogP contribution in [-0.4, -0.2) is 0 Å². The van der Waals surface area contributed by atoms with Gasteiger partial charge in [0, 0.05) is 17.1 Å². The zero-order valence-corrected chi connectivity index (χ0v) is 21.5. The third-order valence-corrected chi connectivity index (χ3v) is 7.35. The Balaban J connectivity index is 1.24. The number of hydrogen-bond acceptors (Lipinski definition) is 1. The number of anilines is 3. The van der Waals surface area contributed by atoms with Crippen molar-refractivity contribution in [2.24, 2.45) is 0 Å². The lowest BCUT2D eigenvalue weighted by molar-refractivity contribution is 1.29. The van der Waals surface area contributed by atoms with E-state index < -0.39 is 0 Å². The highest BCUT2D eigenvalue weighted by Gasteiger charge is 2.13. The van der Waals surface area contributed by atoms with Crippen LogP contribution in [0.25, 0.3) is 44.5 Å². The van der Waals surface area contributed by atoms with Gasteiger partial charge in [0.2, 0.25) is 0 Å². The summed E-state index contributed by atoms with van der Waals surface area (Å²) in [4.78, 5) is 2.33. The molecular formula is C38H27N. The summed E-state index contributed by atoms with van der Waals surface area (Å²) >= 11 is 0. The van der Waals surface area contributed by atoms with Crippen molar-refractivity contribution >= 4 is 61.5 Å². The number of fused-ring (bicyclic) bond motifs is 3. The van der Waals surface area contributed by atoms with Gasteiger partial charge in [-0.3, -0.25) is 0 Å². The average molecular weight is 498 g/mol. The molecule has 1 nitrogen and oxygen atoms in total. The molecule has 0 atom stereocenters. The molecule has 0 aliphatic rings. The molecule has 0 heterocycles. The van der Waals surface area contributed by atoms with Gasteiger partial charge >= 0.3 is 0 Å². The lowest BCUT2D eigenvalue weighted by Crippen LogP contribution is -2.09. The van der Waals surface area contributed by atoms with E-state index >= 15 is 0 Å². The largest absolute Gasteiger partial charge is 0.310 e. The van der Waals surface area contributed by atoms with Gasteiger partial charge in [-0.25, -0.2) is 0 Å². The molecule has 0 N–H and O–H groups in total. The minimum atomic E-state index is 1.14. The molecule has 0 amide bonds. The van der Waals surface area contributed by atoms with E-state index in [-0.39, 0.29) is 0 Å². The molecule has 39 heavy (non-hydrogen) atoms. The summed E-state index contributed by atoms with van der Waals surface area (Å²) in [5, 5.41) is 7.46. The molecule has 7 rings (SSSR count). The fraction of sp³-hybridized carbons (Fsp3) is 0. The maximum absolute atomic E-state index is 2.33. The molecule has 0 aliphatic heterocycles. The van der Waals surface area contributed by atoms with Crippen molar-refractivity contribution in [2.45, 2.75) is 0 Å². The van der Waals surface area contributed by atoms with Crippen molar-refractivity contribution in [3.63, 3.8) is 0 Å². The first kappa shape index (κ1) is 23.0. The van der Waals surface area contributed by atoms with E-state index in [4.69, 9.17) is 0 Å². The van der Waals surface area contributed by atoms with Crippen LogP contribution in [0.1, 0.15) is 11.1 Å². The third-order valence-electron chi connectivity index (χ3n) is 7.35. The normalized spacial score (nSPS) is 11.5. The summed E-state index contributed by atoms with van der Waals surface area (Å²) in [5.74, 6) is 0. The first-order valence-electron chi connectivity index (χ1n) is 13.3. The Labute approximate surface area is 228 Å². The summed E-state index contributed by atoms with van der Waals surface area (Å²) in [5.41, 5.74) is 5.83. The molecule has 7 aromatic carbocycles.